The van der Waals surface area contributed by atoms with Gasteiger partial charge in [0.25, 0.3) is 0 Å². The number of rotatable bonds is 6. The van der Waals surface area contributed by atoms with Crippen molar-refractivity contribution >= 4 is 17.1 Å². The van der Waals surface area contributed by atoms with Gasteiger partial charge >= 0.3 is 5.97 Å². The predicted octanol–water partition coefficient (Wildman–Crippen LogP) is 4.36. The number of aromatic nitrogens is 1. The molecule has 0 aliphatic rings. The van der Waals surface area contributed by atoms with Crippen LogP contribution in [0.25, 0.3) is 11.1 Å². The molecule has 0 saturated carbocycles. The number of hydrogen-bond acceptors (Lipinski definition) is 6. The van der Waals surface area contributed by atoms with E-state index in [1.165, 1.54) is 6.26 Å². The van der Waals surface area contributed by atoms with E-state index in [-0.39, 0.29) is 19.0 Å². The average molecular weight is 349 g/mol. The van der Waals surface area contributed by atoms with E-state index in [4.69, 9.17) is 18.3 Å². The van der Waals surface area contributed by atoms with Crippen LogP contribution in [-0.2, 0) is 18.0 Å². The van der Waals surface area contributed by atoms with E-state index in [1.807, 2.05) is 48.5 Å². The van der Waals surface area contributed by atoms with Gasteiger partial charge < -0.3 is 18.3 Å². The Bertz CT molecular complexity index is 986. The molecule has 2 aromatic carbocycles. The summed E-state index contributed by atoms with van der Waals surface area (Å²) in [6.07, 6.45) is 1.43. The summed E-state index contributed by atoms with van der Waals surface area (Å²) in [5.41, 5.74) is 1.97. The Labute approximate surface area is 149 Å². The third-order valence-corrected chi connectivity index (χ3v) is 3.73. The Hall–Kier alpha value is -3.54. The Morgan fingerprint density at radius 1 is 0.962 bits per heavy atom. The number of carbonyl (C=O) groups excluding carboxylic acids is 1. The van der Waals surface area contributed by atoms with Crippen molar-refractivity contribution in [2.45, 2.75) is 13.2 Å². The zero-order valence-corrected chi connectivity index (χ0v) is 13.8. The molecular formula is C20H15NO5. The summed E-state index contributed by atoms with van der Waals surface area (Å²) in [5.74, 6) is 0.550. The third kappa shape index (κ3) is 3.44. The maximum absolute atomic E-state index is 12.3. The maximum Gasteiger partial charge on any atom is 0.375 e. The van der Waals surface area contributed by atoms with Gasteiger partial charge in [0.2, 0.25) is 11.7 Å². The normalized spacial score (nSPS) is 10.8. The van der Waals surface area contributed by atoms with Gasteiger partial charge in [-0.2, -0.15) is 0 Å². The first-order chi connectivity index (χ1) is 12.8. The summed E-state index contributed by atoms with van der Waals surface area (Å²) in [7, 11) is 0. The minimum absolute atomic E-state index is 0.0762. The lowest BCUT2D eigenvalue weighted by molar-refractivity contribution is 0.0400. The van der Waals surface area contributed by atoms with Crippen LogP contribution in [0.5, 0.6) is 5.75 Å². The van der Waals surface area contributed by atoms with E-state index in [2.05, 4.69) is 4.98 Å². The molecule has 6 nitrogen and oxygen atoms in total. The fourth-order valence-corrected chi connectivity index (χ4v) is 2.48. The minimum Gasteiger partial charge on any atom is -0.489 e. The molecule has 2 aromatic heterocycles. The van der Waals surface area contributed by atoms with Crippen molar-refractivity contribution in [2.24, 2.45) is 0 Å². The Kier molecular flexibility index (Phi) is 4.38. The van der Waals surface area contributed by atoms with Crippen molar-refractivity contribution in [3.63, 3.8) is 0 Å². The fraction of sp³-hybridized carbons (Fsp3) is 0.100. The number of benzene rings is 2. The van der Waals surface area contributed by atoms with Crippen LogP contribution < -0.4 is 4.74 Å². The van der Waals surface area contributed by atoms with Crippen LogP contribution in [-0.4, -0.2) is 11.0 Å². The number of esters is 1. The Morgan fingerprint density at radius 3 is 2.62 bits per heavy atom. The van der Waals surface area contributed by atoms with Gasteiger partial charge in [-0.1, -0.05) is 30.3 Å². The molecule has 0 aliphatic carbocycles. The van der Waals surface area contributed by atoms with Crippen molar-refractivity contribution in [3.8, 4) is 5.75 Å². The molecule has 4 aromatic rings. The predicted molar refractivity (Wildman–Crippen MR) is 92.6 cm³/mol. The largest absolute Gasteiger partial charge is 0.489 e. The number of carbonyl (C=O) groups is 1. The molecule has 2 heterocycles. The highest BCUT2D eigenvalue weighted by Crippen LogP contribution is 2.18. The minimum atomic E-state index is -0.594. The lowest BCUT2D eigenvalue weighted by Gasteiger charge is -2.06. The third-order valence-electron chi connectivity index (χ3n) is 3.73. The van der Waals surface area contributed by atoms with Gasteiger partial charge in [-0.05, 0) is 30.3 Å². The molecular weight excluding hydrogens is 334 g/mol. The van der Waals surface area contributed by atoms with Crippen LogP contribution in [0.3, 0.4) is 0 Å². The van der Waals surface area contributed by atoms with Crippen LogP contribution in [0, 0.1) is 0 Å². The van der Waals surface area contributed by atoms with E-state index in [1.54, 1.807) is 12.1 Å². The molecule has 0 radical (unpaired) electrons. The van der Waals surface area contributed by atoms with E-state index < -0.39 is 5.97 Å². The number of ether oxygens (including phenoxy) is 2. The number of fused-ring (bicyclic) bond motifs is 1. The van der Waals surface area contributed by atoms with E-state index in [0.29, 0.717) is 28.3 Å². The van der Waals surface area contributed by atoms with E-state index in [9.17, 15) is 4.79 Å². The van der Waals surface area contributed by atoms with Gasteiger partial charge in [-0.25, -0.2) is 9.78 Å². The monoisotopic (exact) mass is 349 g/mol. The van der Waals surface area contributed by atoms with Crippen molar-refractivity contribution in [3.05, 3.63) is 84.1 Å². The SMILES string of the molecule is O=C(OCc1nc2ccccc2o1)c1occc1COc1ccccc1. The summed E-state index contributed by atoms with van der Waals surface area (Å²) in [5, 5.41) is 0. The molecule has 6 heteroatoms. The smallest absolute Gasteiger partial charge is 0.375 e. The summed E-state index contributed by atoms with van der Waals surface area (Å²) in [6, 6.07) is 18.4. The molecule has 4 rings (SSSR count). The standard InChI is InChI=1S/C20H15NO5/c22-20(25-13-18-21-16-8-4-5-9-17(16)26-18)19-14(10-11-23-19)12-24-15-6-2-1-3-7-15/h1-11H,12-13H2. The first-order valence-corrected chi connectivity index (χ1v) is 8.05. The number of furan rings is 1. The van der Waals surface area contributed by atoms with Crippen molar-refractivity contribution < 1.29 is 23.1 Å². The fourth-order valence-electron chi connectivity index (χ4n) is 2.48. The summed E-state index contributed by atoms with van der Waals surface area (Å²) in [4.78, 5) is 16.6. The first kappa shape index (κ1) is 16.0. The highest BCUT2D eigenvalue weighted by molar-refractivity contribution is 5.87. The second-order valence-corrected chi connectivity index (χ2v) is 5.53. The number of hydrogen-bond donors (Lipinski definition) is 0. The Balaban J connectivity index is 1.39. The van der Waals surface area contributed by atoms with Crippen molar-refractivity contribution in [1.82, 2.24) is 4.98 Å². The van der Waals surface area contributed by atoms with Crippen LogP contribution in [0.15, 0.2) is 75.8 Å². The van der Waals surface area contributed by atoms with Gasteiger partial charge in [-0.15, -0.1) is 0 Å². The zero-order chi connectivity index (χ0) is 17.8. The maximum atomic E-state index is 12.3. The Morgan fingerprint density at radius 2 is 1.77 bits per heavy atom. The topological polar surface area (TPSA) is 74.7 Å². The molecule has 0 saturated heterocycles. The molecule has 0 atom stereocenters. The lowest BCUT2D eigenvalue weighted by Crippen LogP contribution is -2.08. The molecule has 0 aliphatic heterocycles. The molecule has 0 fully saturated rings. The van der Waals surface area contributed by atoms with Crippen LogP contribution >= 0.6 is 0 Å². The molecule has 0 unspecified atom stereocenters. The summed E-state index contributed by atoms with van der Waals surface area (Å²) < 4.78 is 21.7. The van der Waals surface area contributed by atoms with Crippen molar-refractivity contribution in [1.29, 1.82) is 0 Å². The van der Waals surface area contributed by atoms with Gasteiger partial charge in [0.1, 0.15) is 17.9 Å². The van der Waals surface area contributed by atoms with Crippen LogP contribution in [0.1, 0.15) is 22.0 Å². The lowest BCUT2D eigenvalue weighted by atomic mass is 10.2. The molecule has 0 amide bonds. The molecule has 26 heavy (non-hydrogen) atoms. The quantitative estimate of drug-likeness (QED) is 0.482. The van der Waals surface area contributed by atoms with Crippen molar-refractivity contribution in [2.75, 3.05) is 0 Å². The molecule has 0 bridgehead atoms. The van der Waals surface area contributed by atoms with Crippen LogP contribution in [0.4, 0.5) is 0 Å². The van der Waals surface area contributed by atoms with Gasteiger partial charge in [0, 0.05) is 5.56 Å². The summed E-state index contributed by atoms with van der Waals surface area (Å²) in [6.45, 7) is 0.126. The summed E-state index contributed by atoms with van der Waals surface area (Å²) >= 11 is 0. The highest BCUT2D eigenvalue weighted by atomic mass is 16.6. The van der Waals surface area contributed by atoms with E-state index >= 15 is 0 Å². The van der Waals surface area contributed by atoms with Gasteiger partial charge in [0.15, 0.2) is 12.2 Å². The van der Waals surface area contributed by atoms with E-state index in [0.717, 1.165) is 0 Å². The molecule has 0 N–H and O–H groups in total. The second-order valence-electron chi connectivity index (χ2n) is 5.53. The number of oxazole rings is 1. The van der Waals surface area contributed by atoms with Gasteiger partial charge in [-0.3, -0.25) is 0 Å². The number of nitrogens with zero attached hydrogens (tertiary/aromatic N) is 1. The van der Waals surface area contributed by atoms with Gasteiger partial charge in [0.05, 0.1) is 6.26 Å². The number of para-hydroxylation sites is 3. The van der Waals surface area contributed by atoms with Crippen LogP contribution in [0.2, 0.25) is 0 Å². The second kappa shape index (κ2) is 7.14. The average Bonchev–Trinajstić information content (AvgIpc) is 3.31. The molecule has 0 spiro atoms. The zero-order valence-electron chi connectivity index (χ0n) is 13.8. The highest BCUT2D eigenvalue weighted by Gasteiger charge is 2.18. The molecule has 130 valence electrons. The first-order valence-electron chi connectivity index (χ1n) is 8.05.